The van der Waals surface area contributed by atoms with E-state index in [2.05, 4.69) is 20.5 Å². The summed E-state index contributed by atoms with van der Waals surface area (Å²) in [5.74, 6) is 0.744. The van der Waals surface area contributed by atoms with E-state index in [1.54, 1.807) is 42.8 Å². The van der Waals surface area contributed by atoms with E-state index < -0.39 is 0 Å². The second-order valence-electron chi connectivity index (χ2n) is 3.99. The number of anilines is 1. The second-order valence-corrected chi connectivity index (χ2v) is 4.89. The zero-order valence-corrected chi connectivity index (χ0v) is 11.3. The van der Waals surface area contributed by atoms with Gasteiger partial charge in [0.25, 0.3) is 5.91 Å². The van der Waals surface area contributed by atoms with Crippen LogP contribution in [0, 0.1) is 6.92 Å². The summed E-state index contributed by atoms with van der Waals surface area (Å²) in [5, 5.41) is 12.8. The van der Waals surface area contributed by atoms with Crippen molar-refractivity contribution in [3.05, 3.63) is 47.3 Å². The number of aryl methyl sites for hydroxylation is 1. The smallest absolute Gasteiger partial charge is 0.257 e. The highest BCUT2D eigenvalue weighted by molar-refractivity contribution is 7.13. The first-order valence-corrected chi connectivity index (χ1v) is 6.72. The summed E-state index contributed by atoms with van der Waals surface area (Å²) in [4.78, 5) is 16.0. The molecule has 2 heterocycles. The molecule has 1 aromatic carbocycles. The maximum Gasteiger partial charge on any atom is 0.257 e. The summed E-state index contributed by atoms with van der Waals surface area (Å²) < 4.78 is 5.32. The van der Waals surface area contributed by atoms with E-state index in [0.717, 1.165) is 5.56 Å². The molecule has 20 heavy (non-hydrogen) atoms. The Morgan fingerprint density at radius 1 is 1.25 bits per heavy atom. The van der Waals surface area contributed by atoms with Crippen molar-refractivity contribution in [2.75, 3.05) is 5.32 Å². The molecular weight excluding hydrogens is 276 g/mol. The fraction of sp³-hybridized carbons (Fsp3) is 0.0769. The van der Waals surface area contributed by atoms with Crippen LogP contribution in [0.2, 0.25) is 0 Å². The van der Waals surface area contributed by atoms with Gasteiger partial charge in [-0.3, -0.25) is 10.1 Å². The normalized spacial score (nSPS) is 10.4. The highest BCUT2D eigenvalue weighted by atomic mass is 32.1. The van der Waals surface area contributed by atoms with Gasteiger partial charge in [0.1, 0.15) is 0 Å². The fourth-order valence-corrected chi connectivity index (χ4v) is 2.16. The predicted octanol–water partition coefficient (Wildman–Crippen LogP) is 2.75. The second kappa shape index (κ2) is 5.22. The Kier molecular flexibility index (Phi) is 3.26. The monoisotopic (exact) mass is 286 g/mol. The minimum atomic E-state index is -0.201. The van der Waals surface area contributed by atoms with E-state index in [9.17, 15) is 4.79 Å². The van der Waals surface area contributed by atoms with Crippen molar-refractivity contribution in [3.63, 3.8) is 0 Å². The number of thiazole rings is 1. The lowest BCUT2D eigenvalue weighted by Gasteiger charge is -2.02. The number of hydrogen-bond acceptors (Lipinski definition) is 6. The van der Waals surface area contributed by atoms with Crippen LogP contribution in [0.15, 0.2) is 40.3 Å². The van der Waals surface area contributed by atoms with Crippen molar-refractivity contribution in [2.24, 2.45) is 0 Å². The number of benzene rings is 1. The van der Waals surface area contributed by atoms with Crippen molar-refractivity contribution < 1.29 is 9.21 Å². The summed E-state index contributed by atoms with van der Waals surface area (Å²) >= 11 is 1.37. The minimum Gasteiger partial charge on any atom is -0.421 e. The Morgan fingerprint density at radius 3 is 2.65 bits per heavy atom. The molecule has 2 aromatic heterocycles. The largest absolute Gasteiger partial charge is 0.421 e. The molecule has 0 spiro atoms. The zero-order chi connectivity index (χ0) is 13.9. The molecule has 7 heteroatoms. The lowest BCUT2D eigenvalue weighted by atomic mass is 10.1. The third kappa shape index (κ3) is 2.57. The SMILES string of the molecule is Cc1nnc(-c2ccc(C(=O)Nc3nccs3)cc2)o1. The quantitative estimate of drug-likeness (QED) is 0.800. The molecule has 0 aliphatic rings. The Morgan fingerprint density at radius 2 is 2.05 bits per heavy atom. The van der Waals surface area contributed by atoms with Crippen molar-refractivity contribution in [3.8, 4) is 11.5 Å². The topological polar surface area (TPSA) is 80.9 Å². The van der Waals surface area contributed by atoms with E-state index in [1.165, 1.54) is 11.3 Å². The molecule has 0 saturated carbocycles. The maximum atomic E-state index is 12.0. The summed E-state index contributed by atoms with van der Waals surface area (Å²) in [5.41, 5.74) is 1.32. The molecule has 3 aromatic rings. The van der Waals surface area contributed by atoms with Gasteiger partial charge >= 0.3 is 0 Å². The van der Waals surface area contributed by atoms with Crippen LogP contribution in [0.4, 0.5) is 5.13 Å². The van der Waals surface area contributed by atoms with Crippen molar-refractivity contribution in [2.45, 2.75) is 6.92 Å². The molecule has 0 aliphatic carbocycles. The van der Waals surface area contributed by atoms with Crippen LogP contribution in [0.1, 0.15) is 16.2 Å². The molecule has 0 aliphatic heterocycles. The Balaban J connectivity index is 1.77. The highest BCUT2D eigenvalue weighted by Crippen LogP contribution is 2.19. The first kappa shape index (κ1) is 12.5. The van der Waals surface area contributed by atoms with Crippen molar-refractivity contribution in [1.29, 1.82) is 0 Å². The van der Waals surface area contributed by atoms with Gasteiger partial charge in [-0.15, -0.1) is 21.5 Å². The van der Waals surface area contributed by atoms with Crippen LogP contribution in [0.3, 0.4) is 0 Å². The van der Waals surface area contributed by atoms with Gasteiger partial charge in [0.2, 0.25) is 11.8 Å². The van der Waals surface area contributed by atoms with E-state index in [-0.39, 0.29) is 5.91 Å². The molecule has 3 rings (SSSR count). The van der Waals surface area contributed by atoms with Crippen LogP contribution in [-0.2, 0) is 0 Å². The summed E-state index contributed by atoms with van der Waals surface area (Å²) in [7, 11) is 0. The molecule has 0 saturated heterocycles. The summed E-state index contributed by atoms with van der Waals surface area (Å²) in [6.07, 6.45) is 1.64. The van der Waals surface area contributed by atoms with Gasteiger partial charge in [-0.1, -0.05) is 0 Å². The van der Waals surface area contributed by atoms with Crippen LogP contribution >= 0.6 is 11.3 Å². The van der Waals surface area contributed by atoms with Gasteiger partial charge in [-0.05, 0) is 24.3 Å². The fourth-order valence-electron chi connectivity index (χ4n) is 1.63. The molecular formula is C13H10N4O2S. The van der Waals surface area contributed by atoms with E-state index in [0.29, 0.717) is 22.5 Å². The van der Waals surface area contributed by atoms with Crippen LogP contribution < -0.4 is 5.32 Å². The predicted molar refractivity (Wildman–Crippen MR) is 74.5 cm³/mol. The Bertz CT molecular complexity index is 719. The number of carbonyl (C=O) groups excluding carboxylic acids is 1. The van der Waals surface area contributed by atoms with Gasteiger partial charge in [-0.25, -0.2) is 4.98 Å². The molecule has 1 N–H and O–H groups in total. The maximum absolute atomic E-state index is 12.0. The third-order valence-corrected chi connectivity index (χ3v) is 3.26. The van der Waals surface area contributed by atoms with Gasteiger partial charge in [0, 0.05) is 29.6 Å². The number of nitrogens with one attached hydrogen (secondary N) is 1. The van der Waals surface area contributed by atoms with Gasteiger partial charge in [-0.2, -0.15) is 0 Å². The standard InChI is InChI=1S/C13H10N4O2S/c1-8-16-17-12(19-8)10-4-2-9(3-5-10)11(18)15-13-14-6-7-20-13/h2-7H,1H3,(H,14,15,18). The minimum absolute atomic E-state index is 0.201. The van der Waals surface area contributed by atoms with E-state index in [4.69, 9.17) is 4.42 Å². The number of nitrogens with zero attached hydrogens (tertiary/aromatic N) is 3. The first-order chi connectivity index (χ1) is 9.72. The molecule has 100 valence electrons. The van der Waals surface area contributed by atoms with Crippen LogP contribution in [0.5, 0.6) is 0 Å². The summed E-state index contributed by atoms with van der Waals surface area (Å²) in [6.45, 7) is 1.73. The average molecular weight is 286 g/mol. The van der Waals surface area contributed by atoms with Gasteiger partial charge in [0.15, 0.2) is 5.13 Å². The first-order valence-electron chi connectivity index (χ1n) is 5.84. The number of amides is 1. The van der Waals surface area contributed by atoms with Crippen molar-refractivity contribution in [1.82, 2.24) is 15.2 Å². The number of carbonyl (C=O) groups is 1. The molecule has 0 atom stereocenters. The Hall–Kier alpha value is -2.54. The molecule has 6 nitrogen and oxygen atoms in total. The molecule has 0 fully saturated rings. The van der Waals surface area contributed by atoms with Crippen LogP contribution in [-0.4, -0.2) is 21.1 Å². The highest BCUT2D eigenvalue weighted by Gasteiger charge is 2.10. The third-order valence-electron chi connectivity index (χ3n) is 2.57. The Labute approximate surface area is 118 Å². The van der Waals surface area contributed by atoms with Crippen LogP contribution in [0.25, 0.3) is 11.5 Å². The van der Waals surface area contributed by atoms with E-state index >= 15 is 0 Å². The number of rotatable bonds is 3. The van der Waals surface area contributed by atoms with Crippen molar-refractivity contribution >= 4 is 22.4 Å². The number of aromatic nitrogens is 3. The lowest BCUT2D eigenvalue weighted by Crippen LogP contribution is -2.11. The molecule has 0 radical (unpaired) electrons. The number of hydrogen-bond donors (Lipinski definition) is 1. The molecule has 0 bridgehead atoms. The average Bonchev–Trinajstić information content (AvgIpc) is 3.10. The van der Waals surface area contributed by atoms with E-state index in [1.807, 2.05) is 0 Å². The van der Waals surface area contributed by atoms with Gasteiger partial charge < -0.3 is 4.42 Å². The lowest BCUT2D eigenvalue weighted by molar-refractivity contribution is 0.102. The molecule has 1 amide bonds. The van der Waals surface area contributed by atoms with Gasteiger partial charge in [0.05, 0.1) is 0 Å². The molecule has 0 unspecified atom stereocenters. The zero-order valence-electron chi connectivity index (χ0n) is 10.5. The summed E-state index contributed by atoms with van der Waals surface area (Å²) in [6, 6.07) is 6.95.